The van der Waals surface area contributed by atoms with Crippen LogP contribution in [0, 0.1) is 0 Å². The second-order valence-electron chi connectivity index (χ2n) is 2.82. The molecule has 0 radical (unpaired) electrons. The molecule has 72 valence electrons. The Labute approximate surface area is 79.6 Å². The van der Waals surface area contributed by atoms with Gasteiger partial charge in [-0.3, -0.25) is 4.68 Å². The van der Waals surface area contributed by atoms with Crippen LogP contribution in [0.5, 0.6) is 0 Å². The topological polar surface area (TPSA) is 68.3 Å². The molecule has 0 aromatic carbocycles. The number of carboxylic acids is 1. The van der Waals surface area contributed by atoms with E-state index in [9.17, 15) is 4.79 Å². The number of carbonyl (C=O) groups is 1. The summed E-state index contributed by atoms with van der Waals surface area (Å²) in [7, 11) is 1.58. The van der Waals surface area contributed by atoms with Gasteiger partial charge in [-0.1, -0.05) is 0 Å². The van der Waals surface area contributed by atoms with Gasteiger partial charge in [-0.05, 0) is 12.1 Å². The van der Waals surface area contributed by atoms with Crippen LogP contribution in [0.15, 0.2) is 28.9 Å². The van der Waals surface area contributed by atoms with Crippen LogP contribution in [0.1, 0.15) is 10.5 Å². The van der Waals surface area contributed by atoms with E-state index < -0.39 is 5.97 Å². The molecule has 0 amide bonds. The molecule has 2 heterocycles. The lowest BCUT2D eigenvalue weighted by atomic mass is 10.3. The van der Waals surface area contributed by atoms with E-state index in [1.165, 1.54) is 17.0 Å². The minimum Gasteiger partial charge on any atom is -0.477 e. The second kappa shape index (κ2) is 3.02. The highest BCUT2D eigenvalue weighted by atomic mass is 16.4. The number of hydrogen-bond acceptors (Lipinski definition) is 3. The number of nitrogens with zero attached hydrogens (tertiary/aromatic N) is 2. The number of hydrogen-bond donors (Lipinski definition) is 1. The molecule has 0 fully saturated rings. The average Bonchev–Trinajstić information content (AvgIpc) is 2.70. The van der Waals surface area contributed by atoms with Gasteiger partial charge in [0.05, 0.1) is 6.26 Å². The van der Waals surface area contributed by atoms with Gasteiger partial charge in [0.25, 0.3) is 0 Å². The van der Waals surface area contributed by atoms with Gasteiger partial charge in [-0.15, -0.1) is 0 Å². The zero-order chi connectivity index (χ0) is 10.1. The summed E-state index contributed by atoms with van der Waals surface area (Å²) in [4.78, 5) is 10.7. The Kier molecular flexibility index (Phi) is 1.85. The fourth-order valence-corrected chi connectivity index (χ4v) is 1.21. The Bertz CT molecular complexity index is 456. The van der Waals surface area contributed by atoms with E-state index in [4.69, 9.17) is 9.52 Å². The van der Waals surface area contributed by atoms with Gasteiger partial charge in [0.15, 0.2) is 5.76 Å². The van der Waals surface area contributed by atoms with Crippen LogP contribution < -0.4 is 0 Å². The van der Waals surface area contributed by atoms with E-state index in [0.29, 0.717) is 11.5 Å². The van der Waals surface area contributed by atoms with E-state index in [2.05, 4.69) is 5.10 Å². The van der Waals surface area contributed by atoms with E-state index in [0.717, 1.165) is 0 Å². The average molecular weight is 192 g/mol. The van der Waals surface area contributed by atoms with Crippen molar-refractivity contribution < 1.29 is 14.3 Å². The van der Waals surface area contributed by atoms with Crippen LogP contribution in [0.25, 0.3) is 11.5 Å². The number of carboxylic acid groups (broad SMARTS) is 1. The maximum atomic E-state index is 10.7. The molecule has 14 heavy (non-hydrogen) atoms. The smallest absolute Gasteiger partial charge is 0.354 e. The Morgan fingerprint density at radius 3 is 2.93 bits per heavy atom. The van der Waals surface area contributed by atoms with Crippen LogP contribution >= 0.6 is 0 Å². The van der Waals surface area contributed by atoms with Crippen molar-refractivity contribution in [3.8, 4) is 11.5 Å². The minimum atomic E-state index is -1.00. The predicted molar refractivity (Wildman–Crippen MR) is 47.9 cm³/mol. The van der Waals surface area contributed by atoms with Crippen LogP contribution in [0.4, 0.5) is 0 Å². The summed E-state index contributed by atoms with van der Waals surface area (Å²) in [6.07, 6.45) is 1.52. The molecule has 0 saturated carbocycles. The third-order valence-electron chi connectivity index (χ3n) is 1.87. The van der Waals surface area contributed by atoms with Crippen LogP contribution in [0.3, 0.4) is 0 Å². The molecule has 0 aliphatic carbocycles. The summed E-state index contributed by atoms with van der Waals surface area (Å²) in [5, 5.41) is 12.8. The van der Waals surface area contributed by atoms with Crippen LogP contribution in [-0.4, -0.2) is 20.9 Å². The fraction of sp³-hybridized carbons (Fsp3) is 0.111. The van der Waals surface area contributed by atoms with E-state index in [-0.39, 0.29) is 5.69 Å². The van der Waals surface area contributed by atoms with Crippen molar-refractivity contribution in [2.75, 3.05) is 0 Å². The lowest BCUT2D eigenvalue weighted by Gasteiger charge is -1.91. The van der Waals surface area contributed by atoms with Crippen molar-refractivity contribution in [2.45, 2.75) is 0 Å². The number of aryl methyl sites for hydroxylation is 1. The molecule has 2 aromatic rings. The van der Waals surface area contributed by atoms with Gasteiger partial charge >= 0.3 is 5.97 Å². The first-order chi connectivity index (χ1) is 6.68. The van der Waals surface area contributed by atoms with Crippen molar-refractivity contribution in [1.82, 2.24) is 9.78 Å². The molecule has 0 aliphatic rings. The minimum absolute atomic E-state index is 0.136. The molecule has 2 aromatic heterocycles. The fourth-order valence-electron chi connectivity index (χ4n) is 1.21. The molecule has 5 heteroatoms. The predicted octanol–water partition coefficient (Wildman–Crippen LogP) is 1.38. The highest BCUT2D eigenvalue weighted by Gasteiger charge is 2.13. The largest absolute Gasteiger partial charge is 0.477 e. The Morgan fingerprint density at radius 2 is 2.43 bits per heavy atom. The third kappa shape index (κ3) is 1.28. The molecular weight excluding hydrogens is 184 g/mol. The number of aromatic nitrogens is 2. The Balaban J connectivity index is 2.48. The second-order valence-corrected chi connectivity index (χ2v) is 2.82. The lowest BCUT2D eigenvalue weighted by Crippen LogP contribution is -2.04. The molecule has 0 aliphatic heterocycles. The van der Waals surface area contributed by atoms with Crippen molar-refractivity contribution in [3.05, 3.63) is 30.2 Å². The first-order valence-corrected chi connectivity index (χ1v) is 3.99. The van der Waals surface area contributed by atoms with Crippen LogP contribution in [0.2, 0.25) is 0 Å². The number of aromatic carboxylic acids is 1. The van der Waals surface area contributed by atoms with Gasteiger partial charge in [0.2, 0.25) is 0 Å². The highest BCUT2D eigenvalue weighted by Crippen LogP contribution is 2.18. The normalized spacial score (nSPS) is 10.4. The van der Waals surface area contributed by atoms with Gasteiger partial charge in [-0.2, -0.15) is 5.10 Å². The SMILES string of the molecule is Cn1nc(-c2ccco2)cc1C(=O)O. The zero-order valence-corrected chi connectivity index (χ0v) is 7.47. The van der Waals surface area contributed by atoms with Crippen molar-refractivity contribution >= 4 is 5.97 Å². The Hall–Kier alpha value is -2.04. The van der Waals surface area contributed by atoms with Gasteiger partial charge in [0.1, 0.15) is 11.4 Å². The summed E-state index contributed by atoms with van der Waals surface area (Å²) in [6, 6.07) is 4.93. The number of furan rings is 1. The maximum Gasteiger partial charge on any atom is 0.354 e. The molecule has 0 spiro atoms. The van der Waals surface area contributed by atoms with Crippen LogP contribution in [-0.2, 0) is 7.05 Å². The van der Waals surface area contributed by atoms with Gasteiger partial charge in [-0.25, -0.2) is 4.79 Å². The molecule has 1 N–H and O–H groups in total. The maximum absolute atomic E-state index is 10.7. The van der Waals surface area contributed by atoms with Crippen molar-refractivity contribution in [1.29, 1.82) is 0 Å². The lowest BCUT2D eigenvalue weighted by molar-refractivity contribution is 0.0685. The van der Waals surface area contributed by atoms with Gasteiger partial charge < -0.3 is 9.52 Å². The summed E-state index contributed by atoms with van der Waals surface area (Å²) in [6.45, 7) is 0. The molecule has 5 nitrogen and oxygen atoms in total. The summed E-state index contributed by atoms with van der Waals surface area (Å²) in [5.74, 6) is -0.439. The summed E-state index contributed by atoms with van der Waals surface area (Å²) >= 11 is 0. The molecule has 2 rings (SSSR count). The molecular formula is C9H8N2O3. The summed E-state index contributed by atoms with van der Waals surface area (Å²) in [5.41, 5.74) is 0.659. The van der Waals surface area contributed by atoms with E-state index >= 15 is 0 Å². The van der Waals surface area contributed by atoms with E-state index in [1.807, 2.05) is 0 Å². The third-order valence-corrected chi connectivity index (χ3v) is 1.87. The molecule has 0 bridgehead atoms. The monoisotopic (exact) mass is 192 g/mol. The van der Waals surface area contributed by atoms with Crippen molar-refractivity contribution in [2.24, 2.45) is 7.05 Å². The Morgan fingerprint density at radius 1 is 1.64 bits per heavy atom. The molecule has 0 atom stereocenters. The first kappa shape index (κ1) is 8.55. The summed E-state index contributed by atoms with van der Waals surface area (Å²) < 4.78 is 6.40. The highest BCUT2D eigenvalue weighted by molar-refractivity contribution is 5.86. The zero-order valence-electron chi connectivity index (χ0n) is 7.47. The van der Waals surface area contributed by atoms with Gasteiger partial charge in [0, 0.05) is 13.1 Å². The number of rotatable bonds is 2. The standard InChI is InChI=1S/C9H8N2O3/c1-11-7(9(12)13)5-6(10-11)8-3-2-4-14-8/h2-5H,1H3,(H,12,13). The molecule has 0 unspecified atom stereocenters. The quantitative estimate of drug-likeness (QED) is 0.780. The first-order valence-electron chi connectivity index (χ1n) is 3.99. The van der Waals surface area contributed by atoms with Crippen molar-refractivity contribution in [3.63, 3.8) is 0 Å². The molecule has 0 saturated heterocycles. The van der Waals surface area contributed by atoms with E-state index in [1.54, 1.807) is 19.2 Å².